The van der Waals surface area contributed by atoms with Gasteiger partial charge in [0.1, 0.15) is 0 Å². The van der Waals surface area contributed by atoms with Crippen LogP contribution in [0.1, 0.15) is 13.8 Å². The van der Waals surface area contributed by atoms with Crippen LogP contribution in [0.25, 0.3) is 0 Å². The number of amides is 1. The quantitative estimate of drug-likeness (QED) is 0.843. The van der Waals surface area contributed by atoms with E-state index in [1.807, 2.05) is 13.8 Å². The highest BCUT2D eigenvalue weighted by Crippen LogP contribution is 2.17. The maximum absolute atomic E-state index is 13.4. The summed E-state index contributed by atoms with van der Waals surface area (Å²) in [4.78, 5) is 14.1. The van der Waals surface area contributed by atoms with Crippen LogP contribution < -0.4 is 10.1 Å². The Hall–Kier alpha value is -1.47. The molecular formula is C16H23FN2O3S. The zero-order valence-electron chi connectivity index (χ0n) is 13.5. The highest BCUT2D eigenvalue weighted by molar-refractivity contribution is 7.85. The number of rotatable bonds is 6. The normalized spacial score (nSPS) is 17.0. The highest BCUT2D eigenvalue weighted by atomic mass is 32.2. The van der Waals surface area contributed by atoms with Crippen LogP contribution in [-0.2, 0) is 15.6 Å². The molecule has 0 atom stereocenters. The summed E-state index contributed by atoms with van der Waals surface area (Å²) >= 11 is 0. The van der Waals surface area contributed by atoms with E-state index in [1.165, 1.54) is 12.1 Å². The number of para-hydroxylation sites is 1. The molecular weight excluding hydrogens is 319 g/mol. The van der Waals surface area contributed by atoms with E-state index >= 15 is 0 Å². The fourth-order valence-electron chi connectivity index (χ4n) is 2.43. The summed E-state index contributed by atoms with van der Waals surface area (Å²) in [5.74, 6) is 0.644. The molecule has 2 rings (SSSR count). The Kier molecular flexibility index (Phi) is 6.12. The van der Waals surface area contributed by atoms with Crippen molar-refractivity contribution >= 4 is 16.7 Å². The van der Waals surface area contributed by atoms with E-state index in [1.54, 1.807) is 12.1 Å². The van der Waals surface area contributed by atoms with E-state index in [2.05, 4.69) is 10.2 Å². The number of nitrogens with one attached hydrogen (secondary N) is 1. The Morgan fingerprint density at radius 1 is 1.35 bits per heavy atom. The molecule has 1 aliphatic heterocycles. The highest BCUT2D eigenvalue weighted by Gasteiger charge is 2.29. The molecule has 1 aromatic rings. The first-order valence-corrected chi connectivity index (χ1v) is 9.11. The molecule has 1 saturated heterocycles. The van der Waals surface area contributed by atoms with Gasteiger partial charge >= 0.3 is 0 Å². The first-order valence-electron chi connectivity index (χ1n) is 7.62. The predicted molar refractivity (Wildman–Crippen MR) is 88.4 cm³/mol. The summed E-state index contributed by atoms with van der Waals surface area (Å²) in [6, 6.07) is 5.99. The van der Waals surface area contributed by atoms with Crippen LogP contribution in [0.2, 0.25) is 0 Å². The SMILES string of the molecule is CC(C)(CNC(=O)COc1ccccc1F)N1CCS(=O)CC1. The Bertz CT molecular complexity index is 570. The van der Waals surface area contributed by atoms with Gasteiger partial charge in [-0.15, -0.1) is 0 Å². The summed E-state index contributed by atoms with van der Waals surface area (Å²) in [6.07, 6.45) is 0. The van der Waals surface area contributed by atoms with E-state index in [9.17, 15) is 13.4 Å². The Labute approximate surface area is 138 Å². The van der Waals surface area contributed by atoms with Crippen LogP contribution in [0.3, 0.4) is 0 Å². The number of ether oxygens (including phenoxy) is 1. The number of hydrogen-bond acceptors (Lipinski definition) is 4. The van der Waals surface area contributed by atoms with Gasteiger partial charge in [0.2, 0.25) is 0 Å². The van der Waals surface area contributed by atoms with Gasteiger partial charge in [0.25, 0.3) is 5.91 Å². The lowest BCUT2D eigenvalue weighted by molar-refractivity contribution is -0.123. The zero-order valence-corrected chi connectivity index (χ0v) is 14.3. The maximum atomic E-state index is 13.4. The number of hydrogen-bond donors (Lipinski definition) is 1. The first kappa shape index (κ1) is 17.9. The van der Waals surface area contributed by atoms with Gasteiger partial charge in [0, 0.05) is 47.5 Å². The third kappa shape index (κ3) is 5.28. The van der Waals surface area contributed by atoms with Gasteiger partial charge in [-0.05, 0) is 26.0 Å². The minimum atomic E-state index is -0.719. The van der Waals surface area contributed by atoms with Crippen molar-refractivity contribution < 1.29 is 18.1 Å². The molecule has 1 N–H and O–H groups in total. The zero-order chi connectivity index (χ0) is 16.9. The van der Waals surface area contributed by atoms with Crippen LogP contribution in [0.4, 0.5) is 4.39 Å². The van der Waals surface area contributed by atoms with Gasteiger partial charge in [-0.2, -0.15) is 0 Å². The van der Waals surface area contributed by atoms with Crippen LogP contribution in [0.15, 0.2) is 24.3 Å². The Morgan fingerprint density at radius 2 is 2.00 bits per heavy atom. The molecule has 7 heteroatoms. The predicted octanol–water partition coefficient (Wildman–Crippen LogP) is 1.16. The summed E-state index contributed by atoms with van der Waals surface area (Å²) in [6.45, 7) is 5.85. The topological polar surface area (TPSA) is 58.6 Å². The summed E-state index contributed by atoms with van der Waals surface area (Å²) in [7, 11) is -0.719. The number of benzene rings is 1. The molecule has 0 bridgehead atoms. The smallest absolute Gasteiger partial charge is 0.258 e. The number of carbonyl (C=O) groups excluding carboxylic acids is 1. The summed E-state index contributed by atoms with van der Waals surface area (Å²) in [5.41, 5.74) is -0.224. The van der Waals surface area contributed by atoms with Gasteiger partial charge in [-0.1, -0.05) is 12.1 Å². The molecule has 0 saturated carbocycles. The summed E-state index contributed by atoms with van der Waals surface area (Å²) in [5, 5.41) is 2.82. The van der Waals surface area contributed by atoms with E-state index in [0.717, 1.165) is 13.1 Å². The van der Waals surface area contributed by atoms with Crippen molar-refractivity contribution in [1.82, 2.24) is 10.2 Å². The molecule has 1 fully saturated rings. The second-order valence-corrected chi connectivity index (χ2v) is 7.84. The molecule has 128 valence electrons. The first-order chi connectivity index (χ1) is 10.9. The minimum Gasteiger partial charge on any atom is -0.481 e. The van der Waals surface area contributed by atoms with Crippen LogP contribution in [0.5, 0.6) is 5.75 Å². The average molecular weight is 342 g/mol. The summed E-state index contributed by atoms with van der Waals surface area (Å²) < 4.78 is 30.0. The van der Waals surface area contributed by atoms with Crippen molar-refractivity contribution in [1.29, 1.82) is 0 Å². The molecule has 1 aromatic carbocycles. The Morgan fingerprint density at radius 3 is 2.65 bits per heavy atom. The fraction of sp³-hybridized carbons (Fsp3) is 0.562. The van der Waals surface area contributed by atoms with E-state index in [0.29, 0.717) is 18.1 Å². The standard InChI is InChI=1S/C16H23FN2O3S/c1-16(2,19-7-9-23(21)10-8-19)12-18-15(20)11-22-14-6-4-3-5-13(14)17/h3-6H,7-12H2,1-2H3,(H,18,20). The van der Waals surface area contributed by atoms with Crippen molar-refractivity contribution in [2.24, 2.45) is 0 Å². The van der Waals surface area contributed by atoms with E-state index in [-0.39, 0.29) is 23.8 Å². The molecule has 0 aromatic heterocycles. The molecule has 0 unspecified atom stereocenters. The van der Waals surface area contributed by atoms with Gasteiger partial charge in [-0.3, -0.25) is 13.9 Å². The number of nitrogens with zero attached hydrogens (tertiary/aromatic N) is 1. The molecule has 0 radical (unpaired) electrons. The number of carbonyl (C=O) groups is 1. The third-order valence-electron chi connectivity index (χ3n) is 3.95. The molecule has 1 aliphatic rings. The second-order valence-electron chi connectivity index (χ2n) is 6.14. The van der Waals surface area contributed by atoms with Crippen molar-refractivity contribution in [3.05, 3.63) is 30.1 Å². The number of halogens is 1. The van der Waals surface area contributed by atoms with Crippen molar-refractivity contribution in [2.45, 2.75) is 19.4 Å². The fourth-order valence-corrected chi connectivity index (χ4v) is 3.48. The minimum absolute atomic E-state index is 0.0698. The second kappa shape index (κ2) is 7.88. The van der Waals surface area contributed by atoms with Crippen molar-refractivity contribution in [2.75, 3.05) is 37.7 Å². The lowest BCUT2D eigenvalue weighted by atomic mass is 10.0. The molecule has 23 heavy (non-hydrogen) atoms. The van der Waals surface area contributed by atoms with Gasteiger partial charge < -0.3 is 10.1 Å². The Balaban J connectivity index is 1.77. The van der Waals surface area contributed by atoms with Crippen molar-refractivity contribution in [3.63, 3.8) is 0 Å². The maximum Gasteiger partial charge on any atom is 0.258 e. The van der Waals surface area contributed by atoms with Crippen LogP contribution in [-0.4, -0.2) is 58.3 Å². The molecule has 0 spiro atoms. The molecule has 1 amide bonds. The molecule has 5 nitrogen and oxygen atoms in total. The lowest BCUT2D eigenvalue weighted by Gasteiger charge is -2.40. The van der Waals surface area contributed by atoms with Gasteiger partial charge in [0.15, 0.2) is 18.2 Å². The van der Waals surface area contributed by atoms with E-state index < -0.39 is 16.6 Å². The molecule has 1 heterocycles. The van der Waals surface area contributed by atoms with Crippen molar-refractivity contribution in [3.8, 4) is 5.75 Å². The lowest BCUT2D eigenvalue weighted by Crippen LogP contribution is -2.56. The van der Waals surface area contributed by atoms with E-state index in [4.69, 9.17) is 4.74 Å². The largest absolute Gasteiger partial charge is 0.481 e. The molecule has 0 aliphatic carbocycles. The van der Waals surface area contributed by atoms with Crippen LogP contribution >= 0.6 is 0 Å². The monoisotopic (exact) mass is 342 g/mol. The van der Waals surface area contributed by atoms with Gasteiger partial charge in [-0.25, -0.2) is 4.39 Å². The third-order valence-corrected chi connectivity index (χ3v) is 5.22. The van der Waals surface area contributed by atoms with Crippen LogP contribution in [0, 0.1) is 5.82 Å². The van der Waals surface area contributed by atoms with Gasteiger partial charge in [0.05, 0.1) is 0 Å². The average Bonchev–Trinajstić information content (AvgIpc) is 2.53.